The monoisotopic (exact) mass is 567 g/mol. The Bertz CT molecular complexity index is 1180. The highest BCUT2D eigenvalue weighted by Gasteiger charge is 2.26. The average molecular weight is 568 g/mol. The third-order valence-electron chi connectivity index (χ3n) is 4.62. The Hall–Kier alpha value is -2.76. The largest absolute Gasteiger partial charge is 0.490 e. The molecule has 2 N–H and O–H groups in total. The van der Waals surface area contributed by atoms with Gasteiger partial charge < -0.3 is 9.47 Å². The number of carbonyl (C=O) groups excluding carboxylic acids is 2. The van der Waals surface area contributed by atoms with E-state index < -0.39 is 27.9 Å². The van der Waals surface area contributed by atoms with Crippen molar-refractivity contribution in [1.29, 1.82) is 0 Å². The molecule has 1 atom stereocenters. The molecule has 0 saturated heterocycles. The molecule has 0 heterocycles. The number of aryl methyl sites for hydroxylation is 1. The van der Waals surface area contributed by atoms with Crippen molar-refractivity contribution in [2.24, 2.45) is 11.0 Å². The lowest BCUT2D eigenvalue weighted by atomic mass is 10.0. The molecule has 2 rings (SSSR count). The Morgan fingerprint density at radius 1 is 1.17 bits per heavy atom. The van der Waals surface area contributed by atoms with Gasteiger partial charge >= 0.3 is 5.97 Å². The van der Waals surface area contributed by atoms with E-state index in [0.29, 0.717) is 22.4 Å². The summed E-state index contributed by atoms with van der Waals surface area (Å²) in [6.07, 6.45) is 1.66. The quantitative estimate of drug-likeness (QED) is 0.183. The van der Waals surface area contributed by atoms with Crippen LogP contribution in [0.3, 0.4) is 0 Å². The third-order valence-corrected chi connectivity index (χ3v) is 6.69. The van der Waals surface area contributed by atoms with E-state index in [1.807, 2.05) is 20.8 Å². The summed E-state index contributed by atoms with van der Waals surface area (Å²) in [4.78, 5) is 24.3. The van der Waals surface area contributed by atoms with Crippen molar-refractivity contribution in [1.82, 2.24) is 10.1 Å². The summed E-state index contributed by atoms with van der Waals surface area (Å²) in [5, 5.41) is 3.97. The molecule has 0 aromatic heterocycles. The normalized spacial score (nSPS) is 12.5. The summed E-state index contributed by atoms with van der Waals surface area (Å²) < 4.78 is 39.3. The van der Waals surface area contributed by atoms with Crippen LogP contribution in [-0.2, 0) is 19.6 Å². The highest BCUT2D eigenvalue weighted by molar-refractivity contribution is 9.10. The molecule has 9 nitrogen and oxygen atoms in total. The van der Waals surface area contributed by atoms with Crippen LogP contribution in [0.25, 0.3) is 0 Å². The first kappa shape index (κ1) is 28.5. The van der Waals surface area contributed by atoms with Gasteiger partial charge in [-0.3, -0.25) is 9.59 Å². The maximum Gasteiger partial charge on any atom is 0.308 e. The van der Waals surface area contributed by atoms with Crippen LogP contribution in [0, 0.1) is 12.8 Å². The predicted octanol–water partition coefficient (Wildman–Crippen LogP) is 3.92. The SMILES string of the molecule is CCOc1cc(/C=N\NC(=O)[C@@H](CC(C)C)NS(=O)(=O)c2ccc(C)cc2)cc(Br)c1OC(C)=O. The number of hydrogen-bond donors (Lipinski definition) is 2. The van der Waals surface area contributed by atoms with E-state index in [1.54, 1.807) is 31.2 Å². The highest BCUT2D eigenvalue weighted by atomic mass is 79.9. The molecule has 0 aliphatic heterocycles. The van der Waals surface area contributed by atoms with E-state index in [1.165, 1.54) is 25.3 Å². The van der Waals surface area contributed by atoms with Crippen molar-refractivity contribution in [3.05, 3.63) is 52.0 Å². The number of rotatable bonds is 11. The predicted molar refractivity (Wildman–Crippen MR) is 137 cm³/mol. The lowest BCUT2D eigenvalue weighted by Crippen LogP contribution is -2.46. The van der Waals surface area contributed by atoms with E-state index >= 15 is 0 Å². The highest BCUT2D eigenvalue weighted by Crippen LogP contribution is 2.36. The average Bonchev–Trinajstić information content (AvgIpc) is 2.75. The van der Waals surface area contributed by atoms with Gasteiger partial charge in [0.15, 0.2) is 11.5 Å². The van der Waals surface area contributed by atoms with E-state index in [4.69, 9.17) is 9.47 Å². The maximum absolute atomic E-state index is 12.8. The molecule has 1 amide bonds. The van der Waals surface area contributed by atoms with Crippen molar-refractivity contribution < 1.29 is 27.5 Å². The van der Waals surface area contributed by atoms with Crippen LogP contribution in [-0.4, -0.2) is 39.2 Å². The molecule has 0 fully saturated rings. The van der Waals surface area contributed by atoms with Gasteiger partial charge in [0.2, 0.25) is 10.0 Å². The van der Waals surface area contributed by atoms with Gasteiger partial charge in [-0.05, 0) is 71.9 Å². The third kappa shape index (κ3) is 8.75. The molecule has 0 saturated carbocycles. The summed E-state index contributed by atoms with van der Waals surface area (Å²) in [6.45, 7) is 9.06. The summed E-state index contributed by atoms with van der Waals surface area (Å²) in [5.74, 6) is -0.471. The van der Waals surface area contributed by atoms with Gasteiger partial charge in [0.1, 0.15) is 6.04 Å². The molecule has 0 radical (unpaired) electrons. The van der Waals surface area contributed by atoms with Crippen LogP contribution in [0.15, 0.2) is 50.9 Å². The maximum atomic E-state index is 12.8. The molecule has 2 aromatic carbocycles. The van der Waals surface area contributed by atoms with Crippen molar-refractivity contribution in [2.75, 3.05) is 6.61 Å². The number of ether oxygens (including phenoxy) is 2. The van der Waals surface area contributed by atoms with Gasteiger partial charge in [-0.2, -0.15) is 9.82 Å². The molecule has 11 heteroatoms. The fourth-order valence-electron chi connectivity index (χ4n) is 3.07. The molecular weight excluding hydrogens is 538 g/mol. The van der Waals surface area contributed by atoms with E-state index in [9.17, 15) is 18.0 Å². The lowest BCUT2D eigenvalue weighted by Gasteiger charge is -2.19. The Morgan fingerprint density at radius 2 is 1.83 bits per heavy atom. The number of carbonyl (C=O) groups is 2. The molecule has 0 unspecified atom stereocenters. The molecule has 0 bridgehead atoms. The minimum atomic E-state index is -3.90. The van der Waals surface area contributed by atoms with E-state index in [0.717, 1.165) is 5.56 Å². The van der Waals surface area contributed by atoms with E-state index in [-0.39, 0.29) is 23.0 Å². The van der Waals surface area contributed by atoms with Crippen LogP contribution in [0.4, 0.5) is 0 Å². The first-order valence-electron chi connectivity index (χ1n) is 11.0. The number of amides is 1. The smallest absolute Gasteiger partial charge is 0.308 e. The zero-order valence-corrected chi connectivity index (χ0v) is 22.7. The van der Waals surface area contributed by atoms with Crippen LogP contribution < -0.4 is 19.6 Å². The second-order valence-electron chi connectivity index (χ2n) is 8.21. The molecule has 0 spiro atoms. The standard InChI is InChI=1S/C24H30BrN3O6S/c1-6-33-22-13-18(12-20(25)23(22)34-17(5)29)14-26-27-24(30)21(11-15(2)3)28-35(31,32)19-9-7-16(4)8-10-19/h7-10,12-15,21,28H,6,11H2,1-5H3,(H,27,30)/b26-14-/t21-/m1/s1. The second kappa shape index (κ2) is 12.8. The van der Waals surface area contributed by atoms with Crippen molar-refractivity contribution in [3.8, 4) is 11.5 Å². The zero-order chi connectivity index (χ0) is 26.2. The minimum Gasteiger partial charge on any atom is -0.490 e. The van der Waals surface area contributed by atoms with Gasteiger partial charge in [-0.1, -0.05) is 31.5 Å². The Balaban J connectivity index is 2.19. The van der Waals surface area contributed by atoms with Crippen LogP contribution >= 0.6 is 15.9 Å². The van der Waals surface area contributed by atoms with Gasteiger partial charge in [0, 0.05) is 6.92 Å². The fourth-order valence-corrected chi connectivity index (χ4v) is 4.82. The number of nitrogens with one attached hydrogen (secondary N) is 2. The molecule has 35 heavy (non-hydrogen) atoms. The molecule has 0 aliphatic carbocycles. The van der Waals surface area contributed by atoms with Crippen molar-refractivity contribution in [3.63, 3.8) is 0 Å². The second-order valence-corrected chi connectivity index (χ2v) is 10.8. The summed E-state index contributed by atoms with van der Waals surface area (Å²) >= 11 is 3.34. The Kier molecular flexibility index (Phi) is 10.4. The minimum absolute atomic E-state index is 0.0500. The number of hydrogen-bond acceptors (Lipinski definition) is 7. The van der Waals surface area contributed by atoms with Crippen LogP contribution in [0.5, 0.6) is 11.5 Å². The fraction of sp³-hybridized carbons (Fsp3) is 0.375. The molecule has 2 aromatic rings. The van der Waals surface area contributed by atoms with Gasteiger partial charge in [-0.15, -0.1) is 0 Å². The van der Waals surface area contributed by atoms with Gasteiger partial charge in [-0.25, -0.2) is 13.8 Å². The van der Waals surface area contributed by atoms with Gasteiger partial charge in [0.05, 0.1) is 22.2 Å². The summed E-state index contributed by atoms with van der Waals surface area (Å²) in [5.41, 5.74) is 3.88. The van der Waals surface area contributed by atoms with E-state index in [2.05, 4.69) is 31.2 Å². The Labute approximate surface area is 214 Å². The number of nitrogens with zero attached hydrogens (tertiary/aromatic N) is 1. The zero-order valence-electron chi connectivity index (χ0n) is 20.3. The van der Waals surface area contributed by atoms with Crippen molar-refractivity contribution >= 4 is 44.0 Å². The Morgan fingerprint density at radius 3 is 2.40 bits per heavy atom. The summed E-state index contributed by atoms with van der Waals surface area (Å²) in [6, 6.07) is 8.60. The van der Waals surface area contributed by atoms with Crippen molar-refractivity contribution in [2.45, 2.75) is 52.0 Å². The summed E-state index contributed by atoms with van der Waals surface area (Å²) in [7, 11) is -3.90. The molecular formula is C24H30BrN3O6S. The first-order chi connectivity index (χ1) is 16.4. The lowest BCUT2D eigenvalue weighted by molar-refractivity contribution is -0.132. The number of esters is 1. The number of sulfonamides is 1. The molecule has 0 aliphatic rings. The number of halogens is 1. The van der Waals surface area contributed by atoms with Crippen LogP contribution in [0.1, 0.15) is 45.2 Å². The van der Waals surface area contributed by atoms with Gasteiger partial charge in [0.25, 0.3) is 5.91 Å². The number of hydrazone groups is 1. The topological polar surface area (TPSA) is 123 Å². The molecule has 190 valence electrons. The number of benzene rings is 2. The van der Waals surface area contributed by atoms with Crippen LogP contribution in [0.2, 0.25) is 0 Å². The first-order valence-corrected chi connectivity index (χ1v) is 13.3.